The molecule has 0 saturated carbocycles. The molecule has 0 aliphatic carbocycles. The Morgan fingerprint density at radius 1 is 0.407 bits per heavy atom. The molecule has 0 aromatic carbocycles. The van der Waals surface area contributed by atoms with Gasteiger partial charge in [-0.05, 0) is 25.9 Å². The molecule has 0 fully saturated rings. The molecule has 0 aromatic rings. The molecule has 0 saturated heterocycles. The van der Waals surface area contributed by atoms with E-state index in [1.165, 1.54) is 109 Å². The Hall–Kier alpha value is 0.137. The van der Waals surface area contributed by atoms with Crippen LogP contribution in [0.3, 0.4) is 0 Å². The lowest BCUT2D eigenvalue weighted by Gasteiger charge is -2.29. The van der Waals surface area contributed by atoms with Gasteiger partial charge in [-0.3, -0.25) is 0 Å². The molecular weight excluding hydrogens is 348 g/mol. The SMILES string of the molecule is CCCCCCCCCCCCCCCCC[Si](CCC)(OCC)OCC. The van der Waals surface area contributed by atoms with E-state index in [1.54, 1.807) is 0 Å². The molecule has 0 bridgehead atoms. The molecule has 0 heterocycles. The lowest BCUT2D eigenvalue weighted by molar-refractivity contribution is 0.181. The Morgan fingerprint density at radius 3 is 1.11 bits per heavy atom. The summed E-state index contributed by atoms with van der Waals surface area (Å²) in [4.78, 5) is 0. The first kappa shape index (κ1) is 27.1. The van der Waals surface area contributed by atoms with Crippen molar-refractivity contribution in [3.05, 3.63) is 0 Å². The average molecular weight is 401 g/mol. The highest BCUT2D eigenvalue weighted by atomic mass is 28.4. The highest BCUT2D eigenvalue weighted by Crippen LogP contribution is 2.25. The Morgan fingerprint density at radius 2 is 0.778 bits per heavy atom. The van der Waals surface area contributed by atoms with Crippen LogP contribution in [0.5, 0.6) is 0 Å². The van der Waals surface area contributed by atoms with Crippen LogP contribution in [0.4, 0.5) is 0 Å². The Bertz CT molecular complexity index is 267. The number of hydrogen-bond acceptors (Lipinski definition) is 2. The zero-order chi connectivity index (χ0) is 20.1. The second-order valence-corrected chi connectivity index (χ2v) is 11.6. The molecule has 0 N–H and O–H groups in total. The third kappa shape index (κ3) is 16.8. The fraction of sp³-hybridized carbons (Fsp3) is 1.00. The van der Waals surface area contributed by atoms with Crippen molar-refractivity contribution < 1.29 is 8.85 Å². The molecule has 0 radical (unpaired) electrons. The van der Waals surface area contributed by atoms with Crippen LogP contribution in [0.15, 0.2) is 0 Å². The predicted molar refractivity (Wildman–Crippen MR) is 124 cm³/mol. The lowest BCUT2D eigenvalue weighted by Crippen LogP contribution is -2.42. The quantitative estimate of drug-likeness (QED) is 0.133. The van der Waals surface area contributed by atoms with Crippen LogP contribution >= 0.6 is 0 Å². The smallest absolute Gasteiger partial charge is 0.338 e. The van der Waals surface area contributed by atoms with Crippen LogP contribution in [0.25, 0.3) is 0 Å². The van der Waals surface area contributed by atoms with Gasteiger partial charge in [0.15, 0.2) is 0 Å². The molecule has 2 nitrogen and oxygen atoms in total. The third-order valence-electron chi connectivity index (χ3n) is 5.61. The van der Waals surface area contributed by atoms with Gasteiger partial charge < -0.3 is 8.85 Å². The van der Waals surface area contributed by atoms with Gasteiger partial charge in [-0.2, -0.15) is 0 Å². The highest BCUT2D eigenvalue weighted by Gasteiger charge is 2.35. The average Bonchev–Trinajstić information content (AvgIpc) is 2.65. The van der Waals surface area contributed by atoms with Crippen molar-refractivity contribution in [3.8, 4) is 0 Å². The van der Waals surface area contributed by atoms with Gasteiger partial charge in [-0.1, -0.05) is 117 Å². The van der Waals surface area contributed by atoms with E-state index in [1.807, 2.05) is 0 Å². The molecule has 0 aliphatic heterocycles. The van der Waals surface area contributed by atoms with Gasteiger partial charge in [-0.25, -0.2) is 0 Å². The number of hydrogen-bond donors (Lipinski definition) is 0. The van der Waals surface area contributed by atoms with E-state index in [0.717, 1.165) is 19.3 Å². The fourth-order valence-corrected chi connectivity index (χ4v) is 7.64. The molecule has 0 spiro atoms. The highest BCUT2D eigenvalue weighted by molar-refractivity contribution is 6.67. The topological polar surface area (TPSA) is 18.5 Å². The van der Waals surface area contributed by atoms with Crippen molar-refractivity contribution in [1.29, 1.82) is 0 Å². The van der Waals surface area contributed by atoms with Gasteiger partial charge >= 0.3 is 8.56 Å². The monoisotopic (exact) mass is 400 g/mol. The number of unbranched alkanes of at least 4 members (excludes halogenated alkanes) is 14. The molecule has 0 aliphatic rings. The summed E-state index contributed by atoms with van der Waals surface area (Å²) in [6.07, 6.45) is 22.5. The van der Waals surface area contributed by atoms with Gasteiger partial charge in [0.1, 0.15) is 0 Å². The molecule has 0 rings (SSSR count). The summed E-state index contributed by atoms with van der Waals surface area (Å²) in [5.74, 6) is 0. The Kier molecular flexibility index (Phi) is 21.0. The first-order valence-corrected chi connectivity index (χ1v) is 14.8. The van der Waals surface area contributed by atoms with Crippen LogP contribution in [0.1, 0.15) is 130 Å². The van der Waals surface area contributed by atoms with Gasteiger partial charge in [0.2, 0.25) is 0 Å². The van der Waals surface area contributed by atoms with Crippen LogP contribution in [0.2, 0.25) is 12.1 Å². The minimum absolute atomic E-state index is 0.810. The lowest BCUT2D eigenvalue weighted by atomic mass is 10.0. The summed E-state index contributed by atoms with van der Waals surface area (Å²) < 4.78 is 12.3. The van der Waals surface area contributed by atoms with Crippen LogP contribution in [0, 0.1) is 0 Å². The van der Waals surface area contributed by atoms with Gasteiger partial charge in [0.05, 0.1) is 0 Å². The molecule has 0 unspecified atom stereocenters. The standard InChI is InChI=1S/C24H52O2Si/c1-5-9-10-11-12-13-14-15-16-17-18-19-20-21-22-24-27(23-6-2,25-7-3)26-8-4/h5-24H2,1-4H3. The van der Waals surface area contributed by atoms with E-state index in [4.69, 9.17) is 8.85 Å². The summed E-state index contributed by atoms with van der Waals surface area (Å²) in [5, 5.41) is 0. The minimum atomic E-state index is -1.90. The predicted octanol–water partition coefficient (Wildman–Crippen LogP) is 8.78. The van der Waals surface area contributed by atoms with E-state index in [0.29, 0.717) is 0 Å². The summed E-state index contributed by atoms with van der Waals surface area (Å²) in [5.41, 5.74) is 0. The van der Waals surface area contributed by atoms with Crippen molar-refractivity contribution in [2.75, 3.05) is 13.2 Å². The molecule has 0 atom stereocenters. The van der Waals surface area contributed by atoms with Gasteiger partial charge in [0.25, 0.3) is 0 Å². The fourth-order valence-electron chi connectivity index (χ4n) is 4.13. The molecule has 27 heavy (non-hydrogen) atoms. The van der Waals surface area contributed by atoms with E-state index in [2.05, 4.69) is 27.7 Å². The minimum Gasteiger partial charge on any atom is -0.394 e. The van der Waals surface area contributed by atoms with Gasteiger partial charge in [-0.15, -0.1) is 0 Å². The van der Waals surface area contributed by atoms with Crippen LogP contribution in [-0.4, -0.2) is 21.8 Å². The van der Waals surface area contributed by atoms with Gasteiger partial charge in [0, 0.05) is 13.2 Å². The van der Waals surface area contributed by atoms with Crippen LogP contribution in [-0.2, 0) is 8.85 Å². The first-order chi connectivity index (χ1) is 13.2. The molecule has 164 valence electrons. The second kappa shape index (κ2) is 20.9. The summed E-state index contributed by atoms with van der Waals surface area (Å²) in [7, 11) is -1.90. The van der Waals surface area contributed by atoms with E-state index >= 15 is 0 Å². The summed E-state index contributed by atoms with van der Waals surface area (Å²) in [6, 6.07) is 2.36. The summed E-state index contributed by atoms with van der Waals surface area (Å²) in [6.45, 7) is 10.4. The molecule has 0 aromatic heterocycles. The molecule has 0 amide bonds. The second-order valence-electron chi connectivity index (χ2n) is 8.23. The van der Waals surface area contributed by atoms with E-state index < -0.39 is 8.56 Å². The van der Waals surface area contributed by atoms with Crippen molar-refractivity contribution in [1.82, 2.24) is 0 Å². The van der Waals surface area contributed by atoms with E-state index in [-0.39, 0.29) is 0 Å². The maximum atomic E-state index is 6.15. The van der Waals surface area contributed by atoms with Crippen molar-refractivity contribution in [2.24, 2.45) is 0 Å². The zero-order valence-corrected chi connectivity index (χ0v) is 20.5. The van der Waals surface area contributed by atoms with Crippen molar-refractivity contribution in [2.45, 2.75) is 143 Å². The maximum Gasteiger partial charge on any atom is 0.338 e. The first-order valence-electron chi connectivity index (χ1n) is 12.5. The Balaban J connectivity index is 3.49. The molecule has 3 heteroatoms. The summed E-state index contributed by atoms with van der Waals surface area (Å²) >= 11 is 0. The van der Waals surface area contributed by atoms with Crippen molar-refractivity contribution >= 4 is 8.56 Å². The number of rotatable bonds is 22. The van der Waals surface area contributed by atoms with Crippen molar-refractivity contribution in [3.63, 3.8) is 0 Å². The molecular formula is C24H52O2Si. The van der Waals surface area contributed by atoms with Crippen LogP contribution < -0.4 is 0 Å². The Labute approximate surface area is 173 Å². The zero-order valence-electron chi connectivity index (χ0n) is 19.5. The van der Waals surface area contributed by atoms with E-state index in [9.17, 15) is 0 Å². The normalized spacial score (nSPS) is 12.0. The largest absolute Gasteiger partial charge is 0.394 e. The third-order valence-corrected chi connectivity index (χ3v) is 9.61. The maximum absolute atomic E-state index is 6.15.